The average molecular weight is 154 g/mol. The van der Waals surface area contributed by atoms with Gasteiger partial charge >= 0.3 is 5.97 Å². The second kappa shape index (κ2) is 4.31. The van der Waals surface area contributed by atoms with Crippen molar-refractivity contribution < 1.29 is 15.1 Å². The second-order valence-corrected chi connectivity index (χ2v) is 2.16. The summed E-state index contributed by atoms with van der Waals surface area (Å²) in [5, 5.41) is 18.1. The number of nitrogens with zero attached hydrogens (tertiary/aromatic N) is 1. The van der Waals surface area contributed by atoms with Crippen LogP contribution in [0.2, 0.25) is 0 Å². The van der Waals surface area contributed by atoms with Gasteiger partial charge in [-0.3, -0.25) is 4.79 Å². The van der Waals surface area contributed by atoms with E-state index in [0.717, 1.165) is 11.5 Å². The Morgan fingerprint density at radius 3 is 2.40 bits per heavy atom. The van der Waals surface area contributed by atoms with Crippen molar-refractivity contribution in [2.45, 2.75) is 18.9 Å². The fourth-order valence-corrected chi connectivity index (χ4v) is 1.00. The van der Waals surface area contributed by atoms with Gasteiger partial charge in [-0.1, -0.05) is 0 Å². The van der Waals surface area contributed by atoms with E-state index >= 15 is 0 Å². The van der Waals surface area contributed by atoms with Crippen molar-refractivity contribution >= 4 is 35.5 Å². The topological polar surface area (TPSA) is 60.8 Å². The quantitative estimate of drug-likeness (QED) is 0.502. The Labute approximate surface area is 81.1 Å². The molecule has 0 spiro atoms. The molecule has 1 saturated heterocycles. The number of hydrogen-bond acceptors (Lipinski definition) is 3. The molecule has 0 aromatic carbocycles. The van der Waals surface area contributed by atoms with Crippen molar-refractivity contribution in [2.24, 2.45) is 0 Å². The fraction of sp³-hybridized carbons (Fsp3) is 0.800. The van der Waals surface area contributed by atoms with Crippen LogP contribution in [0.4, 0.5) is 0 Å². The molecule has 0 amide bonds. The van der Waals surface area contributed by atoms with Gasteiger partial charge in [-0.2, -0.15) is 5.06 Å². The van der Waals surface area contributed by atoms with Crippen molar-refractivity contribution in [3.63, 3.8) is 0 Å². The molecule has 0 aromatic heterocycles. The minimum Gasteiger partial charge on any atom is -0.480 e. The van der Waals surface area contributed by atoms with Crippen molar-refractivity contribution in [1.29, 1.82) is 0 Å². The summed E-state index contributed by atoms with van der Waals surface area (Å²) in [6, 6.07) is -0.662. The number of hydrogen-bond donors (Lipinski definition) is 2. The van der Waals surface area contributed by atoms with Crippen molar-refractivity contribution in [3.8, 4) is 0 Å². The third kappa shape index (κ3) is 2.21. The van der Waals surface area contributed by atoms with E-state index in [1.165, 1.54) is 0 Å². The van der Waals surface area contributed by atoms with Gasteiger partial charge in [-0.15, -0.1) is 0 Å². The van der Waals surface area contributed by atoms with Gasteiger partial charge < -0.3 is 10.3 Å². The first-order chi connectivity index (χ1) is 4.22. The zero-order valence-corrected chi connectivity index (χ0v) is 7.95. The SMILES string of the molecule is O=C(O)[C@@H]1CCCN1O.[Na]. The molecule has 1 atom stereocenters. The van der Waals surface area contributed by atoms with Gasteiger partial charge in [0.25, 0.3) is 0 Å². The van der Waals surface area contributed by atoms with Crippen LogP contribution in [0.15, 0.2) is 0 Å². The molecule has 0 aromatic rings. The van der Waals surface area contributed by atoms with Crippen LogP contribution in [0.5, 0.6) is 0 Å². The van der Waals surface area contributed by atoms with Gasteiger partial charge in [0.2, 0.25) is 0 Å². The van der Waals surface area contributed by atoms with E-state index in [1.54, 1.807) is 0 Å². The number of hydroxylamine groups is 2. The van der Waals surface area contributed by atoms with Gasteiger partial charge in [0.15, 0.2) is 0 Å². The second-order valence-electron chi connectivity index (χ2n) is 2.16. The Hall–Kier alpha value is 0.390. The van der Waals surface area contributed by atoms with Crippen molar-refractivity contribution in [1.82, 2.24) is 5.06 Å². The molecule has 1 heterocycles. The van der Waals surface area contributed by atoms with Gasteiger partial charge in [0.1, 0.15) is 6.04 Å². The van der Waals surface area contributed by atoms with E-state index in [9.17, 15) is 4.79 Å². The van der Waals surface area contributed by atoms with Crippen LogP contribution in [0.3, 0.4) is 0 Å². The summed E-state index contributed by atoms with van der Waals surface area (Å²) in [6.45, 7) is 0.483. The van der Waals surface area contributed by atoms with Crippen LogP contribution >= 0.6 is 0 Å². The molecule has 53 valence electrons. The van der Waals surface area contributed by atoms with E-state index < -0.39 is 12.0 Å². The van der Waals surface area contributed by atoms with E-state index in [1.807, 2.05) is 0 Å². The molecule has 5 heteroatoms. The monoisotopic (exact) mass is 154 g/mol. The smallest absolute Gasteiger partial charge is 0.323 e. The molecular formula is C5H9NNaO3. The van der Waals surface area contributed by atoms with Crippen LogP contribution in [-0.2, 0) is 4.79 Å². The average Bonchev–Trinajstić information content (AvgIpc) is 2.13. The van der Waals surface area contributed by atoms with E-state index in [4.69, 9.17) is 10.3 Å². The number of aliphatic carboxylic acids is 1. The van der Waals surface area contributed by atoms with Crippen LogP contribution < -0.4 is 0 Å². The maximum absolute atomic E-state index is 10.2. The fourth-order valence-electron chi connectivity index (χ4n) is 1.00. The van der Waals surface area contributed by atoms with Crippen LogP contribution in [-0.4, -0.2) is 63.5 Å². The van der Waals surface area contributed by atoms with Crippen molar-refractivity contribution in [2.75, 3.05) is 6.54 Å². The predicted molar refractivity (Wildman–Crippen MR) is 34.9 cm³/mol. The van der Waals surface area contributed by atoms with E-state index in [0.29, 0.717) is 13.0 Å². The van der Waals surface area contributed by atoms with Gasteiger partial charge in [-0.25, -0.2) is 0 Å². The molecule has 1 fully saturated rings. The Morgan fingerprint density at radius 2 is 2.20 bits per heavy atom. The number of rotatable bonds is 1. The normalized spacial score (nSPS) is 25.9. The van der Waals surface area contributed by atoms with Gasteiger partial charge in [0, 0.05) is 36.1 Å². The molecule has 1 aliphatic heterocycles. The Bertz CT molecular complexity index is 130. The zero-order valence-electron chi connectivity index (χ0n) is 5.95. The Balaban J connectivity index is 0.000000810. The number of carboxylic acids is 1. The van der Waals surface area contributed by atoms with Crippen LogP contribution in [0.1, 0.15) is 12.8 Å². The molecule has 0 unspecified atom stereocenters. The number of carbonyl (C=O) groups is 1. The summed E-state index contributed by atoms with van der Waals surface area (Å²) in [7, 11) is 0. The molecule has 0 bridgehead atoms. The number of carboxylic acid groups (broad SMARTS) is 1. The van der Waals surface area contributed by atoms with Crippen LogP contribution in [0, 0.1) is 0 Å². The van der Waals surface area contributed by atoms with E-state index in [-0.39, 0.29) is 29.6 Å². The molecule has 1 aliphatic rings. The molecule has 0 aliphatic carbocycles. The minimum atomic E-state index is -0.935. The Morgan fingerprint density at radius 1 is 1.60 bits per heavy atom. The first-order valence-corrected chi connectivity index (χ1v) is 2.90. The third-order valence-corrected chi connectivity index (χ3v) is 1.51. The predicted octanol–water partition coefficient (Wildman–Crippen LogP) is -0.456. The molecule has 1 rings (SSSR count). The van der Waals surface area contributed by atoms with Crippen LogP contribution in [0.25, 0.3) is 0 Å². The molecule has 0 saturated carbocycles. The summed E-state index contributed by atoms with van der Waals surface area (Å²) in [5.74, 6) is -0.935. The van der Waals surface area contributed by atoms with Gasteiger partial charge in [-0.05, 0) is 12.8 Å². The summed E-state index contributed by atoms with van der Waals surface area (Å²) in [6.07, 6.45) is 1.33. The molecular weight excluding hydrogens is 145 g/mol. The first kappa shape index (κ1) is 10.4. The molecule has 1 radical (unpaired) electrons. The third-order valence-electron chi connectivity index (χ3n) is 1.51. The van der Waals surface area contributed by atoms with Gasteiger partial charge in [0.05, 0.1) is 0 Å². The molecule has 2 N–H and O–H groups in total. The molecule has 4 nitrogen and oxygen atoms in total. The maximum Gasteiger partial charge on any atom is 0.323 e. The largest absolute Gasteiger partial charge is 0.480 e. The zero-order chi connectivity index (χ0) is 6.85. The Kier molecular flexibility index (Phi) is 4.47. The van der Waals surface area contributed by atoms with Crippen molar-refractivity contribution in [3.05, 3.63) is 0 Å². The minimum absolute atomic E-state index is 0. The molecule has 10 heavy (non-hydrogen) atoms. The van der Waals surface area contributed by atoms with E-state index in [2.05, 4.69) is 0 Å². The summed E-state index contributed by atoms with van der Waals surface area (Å²) >= 11 is 0. The summed E-state index contributed by atoms with van der Waals surface area (Å²) in [5.41, 5.74) is 0. The first-order valence-electron chi connectivity index (χ1n) is 2.90. The maximum atomic E-state index is 10.2. The summed E-state index contributed by atoms with van der Waals surface area (Å²) < 4.78 is 0. The standard InChI is InChI=1S/C5H9NO3.Na/c7-5(8)4-2-1-3-6(4)9;/h4,9H,1-3H2,(H,7,8);/t4-;/m0./s1. The summed E-state index contributed by atoms with van der Waals surface area (Å²) in [4.78, 5) is 10.2.